The Morgan fingerprint density at radius 1 is 1.67 bits per heavy atom. The van der Waals surface area contributed by atoms with Crippen molar-refractivity contribution < 1.29 is 0 Å². The Balaban J connectivity index is 2.73. The van der Waals surface area contributed by atoms with Crippen molar-refractivity contribution in [1.82, 2.24) is 4.90 Å². The summed E-state index contributed by atoms with van der Waals surface area (Å²) in [6.45, 7) is 6.42. The topological polar surface area (TPSA) is 29.3 Å². The zero-order chi connectivity index (χ0) is 9.19. The van der Waals surface area contributed by atoms with Gasteiger partial charge in [0.15, 0.2) is 0 Å². The van der Waals surface area contributed by atoms with E-state index in [2.05, 4.69) is 25.8 Å². The smallest absolute Gasteiger partial charge is 0.0452 e. The molecule has 2 atom stereocenters. The standard InChI is InChI=1S/C9H20N2S/c1-4-11(3)9(6-10)7-12-5-8(9)2/h8H,4-7,10H2,1-3H3. The van der Waals surface area contributed by atoms with Crippen molar-refractivity contribution in [2.75, 3.05) is 31.6 Å². The number of hydrogen-bond donors (Lipinski definition) is 1. The number of thioether (sulfide) groups is 1. The van der Waals surface area contributed by atoms with Crippen LogP contribution in [0.1, 0.15) is 13.8 Å². The van der Waals surface area contributed by atoms with Crippen LogP contribution in [0.2, 0.25) is 0 Å². The molecule has 0 radical (unpaired) electrons. The van der Waals surface area contributed by atoms with Crippen LogP contribution in [0.4, 0.5) is 0 Å². The fraction of sp³-hybridized carbons (Fsp3) is 1.00. The number of hydrogen-bond acceptors (Lipinski definition) is 3. The van der Waals surface area contributed by atoms with Gasteiger partial charge in [0.25, 0.3) is 0 Å². The molecule has 0 amide bonds. The second kappa shape index (κ2) is 3.99. The number of nitrogens with two attached hydrogens (primary N) is 1. The minimum Gasteiger partial charge on any atom is -0.329 e. The summed E-state index contributed by atoms with van der Waals surface area (Å²) >= 11 is 2.04. The lowest BCUT2D eigenvalue weighted by Gasteiger charge is -2.40. The molecular formula is C9H20N2S. The third kappa shape index (κ3) is 1.50. The Kier molecular flexibility index (Phi) is 3.44. The minimum absolute atomic E-state index is 0.277. The highest BCUT2D eigenvalue weighted by Gasteiger charge is 2.42. The van der Waals surface area contributed by atoms with Crippen molar-refractivity contribution in [2.45, 2.75) is 19.4 Å². The Labute approximate surface area is 79.9 Å². The van der Waals surface area contributed by atoms with Crippen LogP contribution < -0.4 is 5.73 Å². The zero-order valence-corrected chi connectivity index (χ0v) is 9.16. The van der Waals surface area contributed by atoms with Crippen molar-refractivity contribution in [3.8, 4) is 0 Å². The summed E-state index contributed by atoms with van der Waals surface area (Å²) in [5.41, 5.74) is 6.16. The van der Waals surface area contributed by atoms with Crippen molar-refractivity contribution >= 4 is 11.8 Å². The third-order valence-electron chi connectivity index (χ3n) is 3.23. The quantitative estimate of drug-likeness (QED) is 0.717. The summed E-state index contributed by atoms with van der Waals surface area (Å²) in [4.78, 5) is 2.41. The van der Waals surface area contributed by atoms with E-state index in [0.29, 0.717) is 0 Å². The maximum absolute atomic E-state index is 5.88. The molecule has 1 fully saturated rings. The van der Waals surface area contributed by atoms with Crippen molar-refractivity contribution in [3.05, 3.63) is 0 Å². The fourth-order valence-electron chi connectivity index (χ4n) is 1.93. The molecule has 0 bridgehead atoms. The van der Waals surface area contributed by atoms with Crippen LogP contribution in [0.15, 0.2) is 0 Å². The first-order valence-corrected chi connectivity index (χ1v) is 5.82. The average molecular weight is 188 g/mol. The maximum atomic E-state index is 5.88. The summed E-state index contributed by atoms with van der Waals surface area (Å²) in [7, 11) is 2.19. The molecule has 3 heteroatoms. The van der Waals surface area contributed by atoms with Gasteiger partial charge >= 0.3 is 0 Å². The maximum Gasteiger partial charge on any atom is 0.0452 e. The van der Waals surface area contributed by atoms with Gasteiger partial charge in [-0.1, -0.05) is 13.8 Å². The summed E-state index contributed by atoms with van der Waals surface area (Å²) in [6, 6.07) is 0. The molecule has 1 aliphatic rings. The van der Waals surface area contributed by atoms with Gasteiger partial charge in [-0.05, 0) is 25.3 Å². The summed E-state index contributed by atoms with van der Waals surface area (Å²) in [5, 5.41) is 0. The molecule has 0 aromatic heterocycles. The van der Waals surface area contributed by atoms with E-state index >= 15 is 0 Å². The Hall–Kier alpha value is 0.270. The number of rotatable bonds is 3. The van der Waals surface area contributed by atoms with Crippen LogP contribution in [0.25, 0.3) is 0 Å². The van der Waals surface area contributed by atoms with E-state index < -0.39 is 0 Å². The van der Waals surface area contributed by atoms with Crippen LogP contribution in [-0.4, -0.2) is 42.1 Å². The van der Waals surface area contributed by atoms with Gasteiger partial charge in [-0.25, -0.2) is 0 Å². The SMILES string of the molecule is CCN(C)C1(CN)CSCC1C. The highest BCUT2D eigenvalue weighted by Crippen LogP contribution is 2.36. The molecule has 1 heterocycles. The van der Waals surface area contributed by atoms with Gasteiger partial charge < -0.3 is 5.73 Å². The predicted molar refractivity (Wildman–Crippen MR) is 56.6 cm³/mol. The summed E-state index contributed by atoms with van der Waals surface area (Å²) in [6.07, 6.45) is 0. The molecule has 2 N–H and O–H groups in total. The Morgan fingerprint density at radius 2 is 2.33 bits per heavy atom. The molecule has 0 aromatic carbocycles. The highest BCUT2D eigenvalue weighted by molar-refractivity contribution is 7.99. The second-order valence-electron chi connectivity index (χ2n) is 3.74. The normalized spacial score (nSPS) is 36.2. The fourth-order valence-corrected chi connectivity index (χ4v) is 3.68. The van der Waals surface area contributed by atoms with Crippen molar-refractivity contribution in [2.24, 2.45) is 11.7 Å². The molecule has 0 spiro atoms. The van der Waals surface area contributed by atoms with E-state index in [4.69, 9.17) is 5.73 Å². The van der Waals surface area contributed by atoms with Gasteiger partial charge in [0.2, 0.25) is 0 Å². The van der Waals surface area contributed by atoms with E-state index in [-0.39, 0.29) is 5.54 Å². The number of nitrogens with zero attached hydrogens (tertiary/aromatic N) is 1. The van der Waals surface area contributed by atoms with Crippen molar-refractivity contribution in [1.29, 1.82) is 0 Å². The first-order chi connectivity index (χ1) is 5.67. The van der Waals surface area contributed by atoms with Crippen LogP contribution in [-0.2, 0) is 0 Å². The molecule has 2 unspecified atom stereocenters. The number of likely N-dealkylation sites (N-methyl/N-ethyl adjacent to an activating group) is 1. The van der Waals surface area contributed by atoms with Gasteiger partial charge in [0.05, 0.1) is 0 Å². The lowest BCUT2D eigenvalue weighted by molar-refractivity contribution is 0.116. The van der Waals surface area contributed by atoms with Crippen LogP contribution in [0.5, 0.6) is 0 Å². The first kappa shape index (κ1) is 10.4. The van der Waals surface area contributed by atoms with Gasteiger partial charge in [-0.15, -0.1) is 0 Å². The van der Waals surface area contributed by atoms with E-state index in [1.807, 2.05) is 11.8 Å². The Bertz CT molecular complexity index is 151. The van der Waals surface area contributed by atoms with E-state index in [1.54, 1.807) is 0 Å². The van der Waals surface area contributed by atoms with Crippen LogP contribution in [0.3, 0.4) is 0 Å². The summed E-state index contributed by atoms with van der Waals surface area (Å²) in [5.74, 6) is 3.20. The zero-order valence-electron chi connectivity index (χ0n) is 8.34. The van der Waals surface area contributed by atoms with E-state index in [1.165, 1.54) is 11.5 Å². The summed E-state index contributed by atoms with van der Waals surface area (Å²) < 4.78 is 0. The molecule has 1 saturated heterocycles. The van der Waals surface area contributed by atoms with E-state index in [9.17, 15) is 0 Å². The average Bonchev–Trinajstić information content (AvgIpc) is 2.46. The second-order valence-corrected chi connectivity index (χ2v) is 4.77. The van der Waals surface area contributed by atoms with Gasteiger partial charge in [-0.3, -0.25) is 4.90 Å². The molecule has 72 valence electrons. The molecule has 0 aliphatic carbocycles. The molecule has 0 aromatic rings. The van der Waals surface area contributed by atoms with Crippen molar-refractivity contribution in [3.63, 3.8) is 0 Å². The molecule has 1 aliphatic heterocycles. The molecular weight excluding hydrogens is 168 g/mol. The Morgan fingerprint density at radius 3 is 2.67 bits per heavy atom. The molecule has 12 heavy (non-hydrogen) atoms. The molecule has 1 rings (SSSR count). The monoisotopic (exact) mass is 188 g/mol. The largest absolute Gasteiger partial charge is 0.329 e. The third-order valence-corrected chi connectivity index (χ3v) is 4.66. The van der Waals surface area contributed by atoms with Gasteiger partial charge in [-0.2, -0.15) is 11.8 Å². The lowest BCUT2D eigenvalue weighted by atomic mass is 9.87. The van der Waals surface area contributed by atoms with Gasteiger partial charge in [0, 0.05) is 17.8 Å². The highest BCUT2D eigenvalue weighted by atomic mass is 32.2. The molecule has 2 nitrogen and oxygen atoms in total. The van der Waals surface area contributed by atoms with Gasteiger partial charge in [0.1, 0.15) is 0 Å². The van der Waals surface area contributed by atoms with Crippen LogP contribution in [0, 0.1) is 5.92 Å². The minimum atomic E-state index is 0.277. The predicted octanol–water partition coefficient (Wildman–Crippen LogP) is 1.02. The first-order valence-electron chi connectivity index (χ1n) is 4.66. The van der Waals surface area contributed by atoms with Crippen LogP contribution >= 0.6 is 11.8 Å². The van der Waals surface area contributed by atoms with E-state index in [0.717, 1.165) is 19.0 Å². The lowest BCUT2D eigenvalue weighted by Crippen LogP contribution is -2.56. The molecule has 0 saturated carbocycles.